The predicted octanol–water partition coefficient (Wildman–Crippen LogP) is 2.42. The van der Waals surface area contributed by atoms with E-state index in [1.54, 1.807) is 7.11 Å². The molecule has 1 saturated carbocycles. The Morgan fingerprint density at radius 3 is 3.05 bits per heavy atom. The summed E-state index contributed by atoms with van der Waals surface area (Å²) in [5, 5.41) is 5.95. The fourth-order valence-corrected chi connectivity index (χ4v) is 3.11. The van der Waals surface area contributed by atoms with Crippen molar-refractivity contribution in [1.82, 2.24) is 10.6 Å². The third-order valence-corrected chi connectivity index (χ3v) is 4.42. The molecule has 3 rings (SSSR count). The molecule has 120 valence electrons. The zero-order valence-electron chi connectivity index (χ0n) is 13.0. The molecule has 22 heavy (non-hydrogen) atoms. The first-order chi connectivity index (χ1) is 10.8. The molecule has 2 N–H and O–H groups in total. The van der Waals surface area contributed by atoms with E-state index in [0.717, 1.165) is 38.0 Å². The normalized spacial score (nSPS) is 26.5. The molecule has 0 radical (unpaired) electrons. The third-order valence-electron chi connectivity index (χ3n) is 4.42. The lowest BCUT2D eigenvalue weighted by molar-refractivity contribution is 0.104. The number of carbonyl (C=O) groups is 1. The van der Waals surface area contributed by atoms with Crippen LogP contribution in [0.25, 0.3) is 0 Å². The summed E-state index contributed by atoms with van der Waals surface area (Å²) >= 11 is 0. The van der Waals surface area contributed by atoms with Crippen molar-refractivity contribution < 1.29 is 14.3 Å². The number of amides is 2. The van der Waals surface area contributed by atoms with E-state index >= 15 is 0 Å². The minimum atomic E-state index is -0.0830. The minimum absolute atomic E-state index is 0.0830. The highest BCUT2D eigenvalue weighted by Crippen LogP contribution is 2.44. The van der Waals surface area contributed by atoms with Crippen molar-refractivity contribution in [2.75, 3.05) is 20.3 Å². The first kappa shape index (κ1) is 15.2. The summed E-state index contributed by atoms with van der Waals surface area (Å²) in [4.78, 5) is 11.9. The first-order valence-electron chi connectivity index (χ1n) is 8.07. The first-order valence-corrected chi connectivity index (χ1v) is 8.07. The van der Waals surface area contributed by atoms with E-state index < -0.39 is 0 Å². The molecular formula is C17H24N2O3. The summed E-state index contributed by atoms with van der Waals surface area (Å²) in [7, 11) is 1.68. The minimum Gasteiger partial charge on any atom is -0.496 e. The number of carbonyl (C=O) groups excluding carboxylic acids is 1. The van der Waals surface area contributed by atoms with Crippen LogP contribution < -0.4 is 15.4 Å². The number of para-hydroxylation sites is 1. The molecule has 0 aromatic heterocycles. The van der Waals surface area contributed by atoms with Gasteiger partial charge in [0.1, 0.15) is 5.75 Å². The fraction of sp³-hybridized carbons (Fsp3) is 0.588. The van der Waals surface area contributed by atoms with E-state index in [1.165, 1.54) is 5.56 Å². The largest absolute Gasteiger partial charge is 0.496 e. The van der Waals surface area contributed by atoms with Crippen LogP contribution in [0.1, 0.15) is 37.2 Å². The highest BCUT2D eigenvalue weighted by Gasteiger charge is 2.41. The van der Waals surface area contributed by atoms with Gasteiger partial charge in [-0.25, -0.2) is 4.79 Å². The van der Waals surface area contributed by atoms with Crippen LogP contribution in [0.3, 0.4) is 0 Å². The SMILES string of the molecule is COc1ccccc1[C@@H]1C[C@H]1NC(=O)NCC[C@@H]1CCCO1. The van der Waals surface area contributed by atoms with Crippen LogP contribution in [-0.4, -0.2) is 38.4 Å². The smallest absolute Gasteiger partial charge is 0.315 e. The quantitative estimate of drug-likeness (QED) is 0.848. The van der Waals surface area contributed by atoms with Gasteiger partial charge in [-0.2, -0.15) is 0 Å². The predicted molar refractivity (Wildman–Crippen MR) is 84.3 cm³/mol. The van der Waals surface area contributed by atoms with Gasteiger partial charge in [0.05, 0.1) is 13.2 Å². The number of hydrogen-bond acceptors (Lipinski definition) is 3. The molecule has 2 fully saturated rings. The molecule has 0 spiro atoms. The number of urea groups is 1. The maximum atomic E-state index is 11.9. The second-order valence-electron chi connectivity index (χ2n) is 6.01. The van der Waals surface area contributed by atoms with Crippen LogP contribution in [0.4, 0.5) is 4.79 Å². The number of hydrogen-bond donors (Lipinski definition) is 2. The van der Waals surface area contributed by atoms with Crippen LogP contribution in [-0.2, 0) is 4.74 Å². The molecule has 3 atom stereocenters. The Balaban J connectivity index is 1.40. The number of ether oxygens (including phenoxy) is 2. The molecule has 1 aromatic carbocycles. The van der Waals surface area contributed by atoms with Crippen molar-refractivity contribution in [3.8, 4) is 5.75 Å². The summed E-state index contributed by atoms with van der Waals surface area (Å²) in [6.07, 6.45) is 4.44. The Bertz CT molecular complexity index is 514. The van der Waals surface area contributed by atoms with Crippen LogP contribution in [0, 0.1) is 0 Å². The van der Waals surface area contributed by atoms with Crippen molar-refractivity contribution in [3.63, 3.8) is 0 Å². The summed E-state index contributed by atoms with van der Waals surface area (Å²) in [6.45, 7) is 1.53. The molecule has 5 heteroatoms. The van der Waals surface area contributed by atoms with Crippen LogP contribution in [0.5, 0.6) is 5.75 Å². The summed E-state index contributed by atoms with van der Waals surface area (Å²) in [5.74, 6) is 1.26. The van der Waals surface area contributed by atoms with Gasteiger partial charge in [-0.05, 0) is 37.3 Å². The molecule has 1 heterocycles. The molecule has 1 aliphatic carbocycles. The van der Waals surface area contributed by atoms with Crippen LogP contribution in [0.2, 0.25) is 0 Å². The molecule has 0 unspecified atom stereocenters. The van der Waals surface area contributed by atoms with Gasteiger partial charge in [-0.3, -0.25) is 0 Å². The lowest BCUT2D eigenvalue weighted by Gasteiger charge is -2.11. The van der Waals surface area contributed by atoms with Crippen LogP contribution in [0.15, 0.2) is 24.3 Å². The van der Waals surface area contributed by atoms with Crippen molar-refractivity contribution in [3.05, 3.63) is 29.8 Å². The van der Waals surface area contributed by atoms with E-state index in [-0.39, 0.29) is 12.1 Å². The lowest BCUT2D eigenvalue weighted by Crippen LogP contribution is -2.38. The van der Waals surface area contributed by atoms with Gasteiger partial charge >= 0.3 is 6.03 Å². The van der Waals surface area contributed by atoms with Crippen molar-refractivity contribution in [2.45, 2.75) is 43.7 Å². The zero-order valence-corrected chi connectivity index (χ0v) is 13.0. The monoisotopic (exact) mass is 304 g/mol. The van der Waals surface area contributed by atoms with Gasteiger partial charge < -0.3 is 20.1 Å². The number of rotatable bonds is 6. The molecule has 2 amide bonds. The lowest BCUT2D eigenvalue weighted by atomic mass is 10.1. The molecule has 0 bridgehead atoms. The molecular weight excluding hydrogens is 280 g/mol. The second-order valence-corrected chi connectivity index (χ2v) is 6.01. The average Bonchev–Trinajstić information content (AvgIpc) is 3.08. The van der Waals surface area contributed by atoms with E-state index in [4.69, 9.17) is 9.47 Å². The second kappa shape index (κ2) is 7.01. The topological polar surface area (TPSA) is 59.6 Å². The summed E-state index contributed by atoms with van der Waals surface area (Å²) in [5.41, 5.74) is 1.18. The van der Waals surface area contributed by atoms with Gasteiger partial charge in [0, 0.05) is 25.1 Å². The molecule has 1 aromatic rings. The van der Waals surface area contributed by atoms with Gasteiger partial charge in [-0.1, -0.05) is 18.2 Å². The van der Waals surface area contributed by atoms with E-state index in [1.807, 2.05) is 18.2 Å². The maximum Gasteiger partial charge on any atom is 0.315 e. The van der Waals surface area contributed by atoms with Crippen molar-refractivity contribution in [2.24, 2.45) is 0 Å². The Labute approximate surface area is 131 Å². The van der Waals surface area contributed by atoms with E-state index in [0.29, 0.717) is 18.6 Å². The third kappa shape index (κ3) is 3.71. The number of benzene rings is 1. The number of nitrogens with one attached hydrogen (secondary N) is 2. The summed E-state index contributed by atoms with van der Waals surface area (Å²) in [6, 6.07) is 8.13. The Hall–Kier alpha value is -1.75. The van der Waals surface area contributed by atoms with E-state index in [2.05, 4.69) is 16.7 Å². The van der Waals surface area contributed by atoms with Gasteiger partial charge in [-0.15, -0.1) is 0 Å². The molecule has 2 aliphatic rings. The molecule has 5 nitrogen and oxygen atoms in total. The Kier molecular flexibility index (Phi) is 4.83. The standard InChI is InChI=1S/C17H24N2O3/c1-21-16-7-3-2-6-13(16)14-11-15(14)19-17(20)18-9-8-12-5-4-10-22-12/h2-3,6-7,12,14-15H,4-5,8-11H2,1H3,(H2,18,19,20)/t12-,14-,15+/m0/s1. The fourth-order valence-electron chi connectivity index (χ4n) is 3.11. The average molecular weight is 304 g/mol. The maximum absolute atomic E-state index is 11.9. The summed E-state index contributed by atoms with van der Waals surface area (Å²) < 4.78 is 10.9. The molecule has 1 aliphatic heterocycles. The number of methoxy groups -OCH3 is 1. The van der Waals surface area contributed by atoms with E-state index in [9.17, 15) is 4.79 Å². The Morgan fingerprint density at radius 2 is 2.27 bits per heavy atom. The highest BCUT2D eigenvalue weighted by atomic mass is 16.5. The van der Waals surface area contributed by atoms with Crippen LogP contribution >= 0.6 is 0 Å². The Morgan fingerprint density at radius 1 is 1.41 bits per heavy atom. The van der Waals surface area contributed by atoms with Gasteiger partial charge in [0.15, 0.2) is 0 Å². The van der Waals surface area contributed by atoms with Gasteiger partial charge in [0.2, 0.25) is 0 Å². The van der Waals surface area contributed by atoms with Crippen molar-refractivity contribution >= 4 is 6.03 Å². The van der Waals surface area contributed by atoms with Gasteiger partial charge in [0.25, 0.3) is 0 Å². The highest BCUT2D eigenvalue weighted by molar-refractivity contribution is 5.75. The van der Waals surface area contributed by atoms with Crippen molar-refractivity contribution in [1.29, 1.82) is 0 Å². The zero-order chi connectivity index (χ0) is 15.4. The molecule has 1 saturated heterocycles.